The number of halogens is 2. The van der Waals surface area contributed by atoms with Gasteiger partial charge >= 0.3 is 0 Å². The van der Waals surface area contributed by atoms with Crippen LogP contribution in [0.4, 0.5) is 0 Å². The molecule has 3 rings (SSSR count). The number of amides is 1. The zero-order valence-corrected chi connectivity index (χ0v) is 14.1. The van der Waals surface area contributed by atoms with Crippen LogP contribution in [-0.4, -0.2) is 20.4 Å². The summed E-state index contributed by atoms with van der Waals surface area (Å²) in [5.74, 6) is -0.356. The van der Waals surface area contributed by atoms with E-state index in [0.29, 0.717) is 6.54 Å². The largest absolute Gasteiger partial charge is 0.347 e. The van der Waals surface area contributed by atoms with Crippen molar-refractivity contribution in [3.05, 3.63) is 82.1 Å². The minimum Gasteiger partial charge on any atom is -0.347 e. The van der Waals surface area contributed by atoms with Crippen molar-refractivity contribution in [2.75, 3.05) is 0 Å². The summed E-state index contributed by atoms with van der Waals surface area (Å²) in [6, 6.07) is 11.1. The van der Waals surface area contributed by atoms with E-state index in [1.54, 1.807) is 24.7 Å². The summed E-state index contributed by atoms with van der Waals surface area (Å²) >= 11 is 11.8. The van der Waals surface area contributed by atoms with Crippen molar-refractivity contribution in [3.63, 3.8) is 0 Å². The van der Waals surface area contributed by atoms with Gasteiger partial charge in [0.1, 0.15) is 10.8 Å². The fourth-order valence-corrected chi connectivity index (χ4v) is 2.54. The summed E-state index contributed by atoms with van der Waals surface area (Å²) < 4.78 is 1.99. The molecule has 122 valence electrons. The van der Waals surface area contributed by atoms with E-state index in [9.17, 15) is 4.79 Å². The third-order valence-electron chi connectivity index (χ3n) is 3.43. The number of pyridine rings is 1. The highest BCUT2D eigenvalue weighted by Crippen LogP contribution is 2.16. The van der Waals surface area contributed by atoms with Crippen LogP contribution < -0.4 is 5.32 Å². The Hall–Kier alpha value is -2.37. The zero-order chi connectivity index (χ0) is 16.9. The Bertz CT molecular complexity index is 832. The molecule has 0 fully saturated rings. The predicted octanol–water partition coefficient (Wildman–Crippen LogP) is 3.56. The fraction of sp³-hybridized carbons (Fsp3) is 0.118. The molecular weight excluding hydrogens is 347 g/mol. The van der Waals surface area contributed by atoms with Gasteiger partial charge in [-0.2, -0.15) is 0 Å². The van der Waals surface area contributed by atoms with Crippen LogP contribution >= 0.6 is 23.2 Å². The molecule has 0 spiro atoms. The first-order valence-electron chi connectivity index (χ1n) is 7.25. The molecule has 1 aromatic carbocycles. The smallest absolute Gasteiger partial charge is 0.271 e. The van der Waals surface area contributed by atoms with Crippen LogP contribution in [-0.2, 0) is 13.1 Å². The molecule has 5 nitrogen and oxygen atoms in total. The first kappa shape index (κ1) is 16.5. The van der Waals surface area contributed by atoms with Gasteiger partial charge in [-0.05, 0) is 23.3 Å². The number of benzene rings is 1. The SMILES string of the molecule is O=C(NCc1ccc(Cn2ccnc2)cc1)c1nc(Cl)ccc1Cl. The highest BCUT2D eigenvalue weighted by atomic mass is 35.5. The lowest BCUT2D eigenvalue weighted by molar-refractivity contribution is 0.0946. The van der Waals surface area contributed by atoms with Gasteiger partial charge < -0.3 is 9.88 Å². The Morgan fingerprint density at radius 2 is 1.83 bits per heavy atom. The van der Waals surface area contributed by atoms with Crippen molar-refractivity contribution in [2.45, 2.75) is 13.1 Å². The summed E-state index contributed by atoms with van der Waals surface area (Å²) in [5.41, 5.74) is 2.26. The molecule has 0 aliphatic heterocycles. The monoisotopic (exact) mass is 360 g/mol. The maximum atomic E-state index is 12.1. The molecule has 24 heavy (non-hydrogen) atoms. The molecule has 7 heteroatoms. The topological polar surface area (TPSA) is 59.8 Å². The standard InChI is InChI=1S/C17H14Cl2N4O/c18-14-5-6-15(19)22-16(14)17(24)21-9-12-1-3-13(4-2-12)10-23-8-7-20-11-23/h1-8,11H,9-10H2,(H,21,24). The van der Waals surface area contributed by atoms with Gasteiger partial charge in [0.25, 0.3) is 5.91 Å². The van der Waals surface area contributed by atoms with Gasteiger partial charge in [-0.1, -0.05) is 47.5 Å². The van der Waals surface area contributed by atoms with E-state index < -0.39 is 0 Å². The number of rotatable bonds is 5. The summed E-state index contributed by atoms with van der Waals surface area (Å²) in [7, 11) is 0. The van der Waals surface area contributed by atoms with E-state index in [0.717, 1.165) is 17.7 Å². The van der Waals surface area contributed by atoms with Gasteiger partial charge in [-0.15, -0.1) is 0 Å². The maximum Gasteiger partial charge on any atom is 0.271 e. The van der Waals surface area contributed by atoms with Crippen LogP contribution in [0.15, 0.2) is 55.1 Å². The molecule has 0 aliphatic rings. The molecule has 2 heterocycles. The van der Waals surface area contributed by atoms with Crippen LogP contribution in [0.3, 0.4) is 0 Å². The van der Waals surface area contributed by atoms with Crippen molar-refractivity contribution in [1.82, 2.24) is 19.9 Å². The number of hydrogen-bond acceptors (Lipinski definition) is 3. The van der Waals surface area contributed by atoms with Gasteiger partial charge in [0.05, 0.1) is 11.3 Å². The number of hydrogen-bond donors (Lipinski definition) is 1. The number of aromatic nitrogens is 3. The number of imidazole rings is 1. The van der Waals surface area contributed by atoms with Crippen LogP contribution in [0.25, 0.3) is 0 Å². The molecule has 1 amide bonds. The van der Waals surface area contributed by atoms with Crippen LogP contribution in [0.2, 0.25) is 10.2 Å². The number of carbonyl (C=O) groups excluding carboxylic acids is 1. The average molecular weight is 361 g/mol. The number of nitrogens with one attached hydrogen (secondary N) is 1. The molecule has 3 aromatic rings. The van der Waals surface area contributed by atoms with Gasteiger partial charge in [0, 0.05) is 25.5 Å². The van der Waals surface area contributed by atoms with Crippen LogP contribution in [0.5, 0.6) is 0 Å². The van der Waals surface area contributed by atoms with Gasteiger partial charge in [-0.25, -0.2) is 9.97 Å². The van der Waals surface area contributed by atoms with Crippen molar-refractivity contribution >= 4 is 29.1 Å². The Morgan fingerprint density at radius 1 is 1.08 bits per heavy atom. The number of nitrogens with zero attached hydrogens (tertiary/aromatic N) is 3. The van der Waals surface area contributed by atoms with E-state index >= 15 is 0 Å². The fourth-order valence-electron chi connectivity index (χ4n) is 2.20. The van der Waals surface area contributed by atoms with Crippen molar-refractivity contribution in [1.29, 1.82) is 0 Å². The summed E-state index contributed by atoms with van der Waals surface area (Å²) in [4.78, 5) is 20.1. The minimum absolute atomic E-state index is 0.126. The quantitative estimate of drug-likeness (QED) is 0.707. The first-order valence-corrected chi connectivity index (χ1v) is 8.01. The van der Waals surface area contributed by atoms with Gasteiger partial charge in [0.2, 0.25) is 0 Å². The van der Waals surface area contributed by atoms with Crippen LogP contribution in [0.1, 0.15) is 21.6 Å². The van der Waals surface area contributed by atoms with Gasteiger partial charge in [-0.3, -0.25) is 4.79 Å². The first-order chi connectivity index (χ1) is 11.6. The van der Waals surface area contributed by atoms with E-state index in [-0.39, 0.29) is 21.8 Å². The van der Waals surface area contributed by atoms with Gasteiger partial charge in [0.15, 0.2) is 0 Å². The van der Waals surface area contributed by atoms with Crippen molar-refractivity contribution in [3.8, 4) is 0 Å². The molecule has 0 aliphatic carbocycles. The second kappa shape index (κ2) is 7.47. The second-order valence-corrected chi connectivity index (χ2v) is 5.99. The normalized spacial score (nSPS) is 10.6. The average Bonchev–Trinajstić information content (AvgIpc) is 3.09. The summed E-state index contributed by atoms with van der Waals surface area (Å²) in [5, 5.41) is 3.29. The third-order valence-corrected chi connectivity index (χ3v) is 3.94. The highest BCUT2D eigenvalue weighted by molar-refractivity contribution is 6.34. The molecule has 1 N–H and O–H groups in total. The predicted molar refractivity (Wildman–Crippen MR) is 93.2 cm³/mol. The van der Waals surface area contributed by atoms with E-state index in [2.05, 4.69) is 15.3 Å². The summed E-state index contributed by atoms with van der Waals surface area (Å²) in [6.45, 7) is 1.14. The van der Waals surface area contributed by atoms with Crippen molar-refractivity contribution < 1.29 is 4.79 Å². The van der Waals surface area contributed by atoms with E-state index in [1.807, 2.05) is 35.0 Å². The molecule has 0 bridgehead atoms. The molecule has 0 radical (unpaired) electrons. The highest BCUT2D eigenvalue weighted by Gasteiger charge is 2.12. The molecule has 2 aromatic heterocycles. The Kier molecular flexibility index (Phi) is 5.13. The van der Waals surface area contributed by atoms with E-state index in [1.165, 1.54) is 0 Å². The Balaban J connectivity index is 1.60. The minimum atomic E-state index is -0.356. The molecule has 0 unspecified atom stereocenters. The molecular formula is C17H14Cl2N4O. The lowest BCUT2D eigenvalue weighted by atomic mass is 10.1. The third kappa shape index (κ3) is 4.13. The lowest BCUT2D eigenvalue weighted by Gasteiger charge is -2.08. The Labute approximate surface area is 149 Å². The zero-order valence-electron chi connectivity index (χ0n) is 12.6. The second-order valence-electron chi connectivity index (χ2n) is 5.20. The Morgan fingerprint density at radius 3 is 2.54 bits per heavy atom. The number of carbonyl (C=O) groups is 1. The summed E-state index contributed by atoms with van der Waals surface area (Å²) in [6.07, 6.45) is 5.44. The van der Waals surface area contributed by atoms with E-state index in [4.69, 9.17) is 23.2 Å². The van der Waals surface area contributed by atoms with Crippen molar-refractivity contribution in [2.24, 2.45) is 0 Å². The molecule has 0 saturated heterocycles. The van der Waals surface area contributed by atoms with Crippen LogP contribution in [0, 0.1) is 0 Å². The maximum absolute atomic E-state index is 12.1. The molecule has 0 atom stereocenters. The molecule has 0 saturated carbocycles. The lowest BCUT2D eigenvalue weighted by Crippen LogP contribution is -2.24.